The number of nitrogens with zero attached hydrogens (tertiary/aromatic N) is 4. The van der Waals surface area contributed by atoms with Crippen molar-refractivity contribution in [3.63, 3.8) is 0 Å². The summed E-state index contributed by atoms with van der Waals surface area (Å²) in [6, 6.07) is 8.59. The monoisotopic (exact) mass is 458 g/mol. The molecule has 32 heavy (non-hydrogen) atoms. The molecule has 0 saturated heterocycles. The third-order valence-corrected chi connectivity index (χ3v) is 5.53. The fourth-order valence-corrected chi connectivity index (χ4v) is 3.69. The average molecular weight is 459 g/mol. The maximum absolute atomic E-state index is 12.9. The van der Waals surface area contributed by atoms with Crippen LogP contribution in [-0.2, 0) is 21.4 Å². The van der Waals surface area contributed by atoms with Gasteiger partial charge in [-0.25, -0.2) is 4.79 Å². The number of amides is 3. The van der Waals surface area contributed by atoms with Gasteiger partial charge in [0, 0.05) is 25.2 Å². The molecule has 0 spiro atoms. The molecule has 12 heteroatoms. The lowest BCUT2D eigenvalue weighted by Gasteiger charge is -2.09. The third kappa shape index (κ3) is 5.66. The van der Waals surface area contributed by atoms with E-state index in [0.29, 0.717) is 18.0 Å². The molecule has 0 radical (unpaired) electrons. The molecular formula is C20H22N6O5S. The molecule has 0 aliphatic rings. The van der Waals surface area contributed by atoms with Gasteiger partial charge in [0.15, 0.2) is 0 Å². The molecule has 3 aromatic rings. The summed E-state index contributed by atoms with van der Waals surface area (Å²) in [6.07, 6.45) is 1.46. The van der Waals surface area contributed by atoms with Crippen molar-refractivity contribution in [1.29, 1.82) is 0 Å². The van der Waals surface area contributed by atoms with Gasteiger partial charge in [-0.3, -0.25) is 10.1 Å². The molecule has 0 saturated carbocycles. The number of rotatable bonds is 6. The van der Waals surface area contributed by atoms with E-state index < -0.39 is 22.0 Å². The number of urea groups is 1. The summed E-state index contributed by atoms with van der Waals surface area (Å²) in [5.41, 5.74) is 1.30. The van der Waals surface area contributed by atoms with Gasteiger partial charge in [0.1, 0.15) is 12.0 Å². The number of imide groups is 1. The molecule has 2 N–H and O–H groups in total. The van der Waals surface area contributed by atoms with E-state index in [0.717, 1.165) is 5.56 Å². The van der Waals surface area contributed by atoms with Crippen LogP contribution in [-0.4, -0.2) is 41.6 Å². The van der Waals surface area contributed by atoms with Gasteiger partial charge in [-0.1, -0.05) is 22.9 Å². The smallest absolute Gasteiger partial charge is 0.321 e. The number of sulfonamides is 1. The van der Waals surface area contributed by atoms with Crippen molar-refractivity contribution in [3.8, 4) is 11.4 Å². The van der Waals surface area contributed by atoms with Crippen molar-refractivity contribution >= 4 is 22.0 Å². The Kier molecular flexibility index (Phi) is 6.83. The summed E-state index contributed by atoms with van der Waals surface area (Å²) in [7, 11) is -4.08. The zero-order valence-corrected chi connectivity index (χ0v) is 18.5. The van der Waals surface area contributed by atoms with Gasteiger partial charge in [0.05, 0.1) is 4.90 Å². The first-order valence-corrected chi connectivity index (χ1v) is 11.1. The number of hydrogen-bond donors (Lipinski definition) is 2. The normalized spacial score (nSPS) is 11.9. The predicted molar refractivity (Wildman–Crippen MR) is 114 cm³/mol. The van der Waals surface area contributed by atoms with Gasteiger partial charge < -0.3 is 14.4 Å². The van der Waals surface area contributed by atoms with Crippen molar-refractivity contribution in [1.82, 2.24) is 25.3 Å². The van der Waals surface area contributed by atoms with Crippen LogP contribution in [0.15, 0.2) is 56.4 Å². The number of carbonyl (C=O) groups is 2. The molecular weight excluding hydrogens is 436 g/mol. The Morgan fingerprint density at radius 2 is 1.88 bits per heavy atom. The summed E-state index contributed by atoms with van der Waals surface area (Å²) in [5, 5.41) is 8.44. The average Bonchev–Trinajstić information content (AvgIpc) is 3.16. The second-order valence-corrected chi connectivity index (χ2v) is 8.43. The largest absolute Gasteiger partial charge is 0.339 e. The number of carbonyl (C=O) groups excluding carboxylic acids is 2. The molecule has 2 heterocycles. The molecule has 0 bridgehead atoms. The highest BCUT2D eigenvalue weighted by Crippen LogP contribution is 2.15. The Balaban J connectivity index is 2.05. The number of nitrogens with one attached hydrogen (secondary N) is 2. The van der Waals surface area contributed by atoms with Crippen molar-refractivity contribution < 1.29 is 22.5 Å². The number of aromatic nitrogens is 3. The molecule has 0 unspecified atom stereocenters. The molecule has 11 nitrogen and oxygen atoms in total. The maximum atomic E-state index is 12.9. The van der Waals surface area contributed by atoms with Crippen LogP contribution < -0.4 is 16.1 Å². The van der Waals surface area contributed by atoms with E-state index in [4.69, 9.17) is 4.52 Å². The zero-order chi connectivity index (χ0) is 23.3. The number of hydrogen-bond acceptors (Lipinski definition) is 7. The van der Waals surface area contributed by atoms with Gasteiger partial charge in [0.25, 0.3) is 10.0 Å². The predicted octanol–water partition coefficient (Wildman–Crippen LogP) is 1.29. The summed E-state index contributed by atoms with van der Waals surface area (Å²) >= 11 is 0. The zero-order valence-electron chi connectivity index (χ0n) is 17.7. The van der Waals surface area contributed by atoms with E-state index in [-0.39, 0.29) is 22.8 Å². The van der Waals surface area contributed by atoms with Gasteiger partial charge >= 0.3 is 6.03 Å². The second kappa shape index (κ2) is 9.56. The Bertz CT molecular complexity index is 1310. The Morgan fingerprint density at radius 3 is 2.50 bits per heavy atom. The Hall–Kier alpha value is -3.80. The highest BCUT2D eigenvalue weighted by Gasteiger charge is 2.15. The molecule has 0 fully saturated rings. The van der Waals surface area contributed by atoms with Crippen LogP contribution in [0, 0.1) is 13.8 Å². The molecule has 168 valence electrons. The minimum Gasteiger partial charge on any atom is -0.339 e. The van der Waals surface area contributed by atoms with Crippen molar-refractivity contribution in [2.45, 2.75) is 32.2 Å². The van der Waals surface area contributed by atoms with E-state index in [1.54, 1.807) is 32.0 Å². The SMILES string of the molecule is CCNC(=O)NC(=O)Cn1ccc(-c2noc(C)n2)cc1=NS(=O)(=O)c1ccc(C)cc1. The molecule has 0 atom stereocenters. The maximum Gasteiger partial charge on any atom is 0.321 e. The fourth-order valence-electron chi connectivity index (χ4n) is 2.70. The first kappa shape index (κ1) is 22.9. The van der Waals surface area contributed by atoms with Gasteiger partial charge in [-0.05, 0) is 38.1 Å². The van der Waals surface area contributed by atoms with Crippen LogP contribution in [0.5, 0.6) is 0 Å². The van der Waals surface area contributed by atoms with E-state index in [1.165, 1.54) is 29.0 Å². The van der Waals surface area contributed by atoms with Crippen LogP contribution in [0.2, 0.25) is 0 Å². The molecule has 3 amide bonds. The number of pyridine rings is 1. The van der Waals surface area contributed by atoms with Crippen molar-refractivity contribution in [2.24, 2.45) is 4.40 Å². The van der Waals surface area contributed by atoms with Gasteiger partial charge in [-0.15, -0.1) is 4.40 Å². The van der Waals surface area contributed by atoms with Crippen molar-refractivity contribution in [2.75, 3.05) is 6.54 Å². The molecule has 3 rings (SSSR count). The third-order valence-electron chi connectivity index (χ3n) is 4.24. The molecule has 2 aromatic heterocycles. The van der Waals surface area contributed by atoms with E-state index in [2.05, 4.69) is 25.2 Å². The van der Waals surface area contributed by atoms with E-state index in [1.807, 2.05) is 6.92 Å². The van der Waals surface area contributed by atoms with Crippen LogP contribution in [0.4, 0.5) is 4.79 Å². The lowest BCUT2D eigenvalue weighted by Crippen LogP contribution is -2.42. The fraction of sp³-hybridized carbons (Fsp3) is 0.250. The molecule has 0 aliphatic carbocycles. The van der Waals surface area contributed by atoms with Gasteiger partial charge in [0.2, 0.25) is 17.6 Å². The topological polar surface area (TPSA) is 149 Å². The van der Waals surface area contributed by atoms with Crippen LogP contribution >= 0.6 is 0 Å². The quantitative estimate of drug-likeness (QED) is 0.565. The standard InChI is InChI=1S/C20H22N6O5S/c1-4-21-20(28)23-18(27)12-26-10-9-15(19-22-14(3)31-24-19)11-17(26)25-32(29,30)16-7-5-13(2)6-8-16/h5-11H,4,12H2,1-3H3,(H2,21,23,27,28). The minimum atomic E-state index is -4.08. The van der Waals surface area contributed by atoms with Gasteiger partial charge in [-0.2, -0.15) is 13.4 Å². The summed E-state index contributed by atoms with van der Waals surface area (Å²) in [4.78, 5) is 28.0. The van der Waals surface area contributed by atoms with Crippen LogP contribution in [0.25, 0.3) is 11.4 Å². The summed E-state index contributed by atoms with van der Waals surface area (Å²) in [6.45, 7) is 5.18. The second-order valence-electron chi connectivity index (χ2n) is 6.83. The summed E-state index contributed by atoms with van der Waals surface area (Å²) < 4.78 is 35.9. The Morgan fingerprint density at radius 1 is 1.16 bits per heavy atom. The lowest BCUT2D eigenvalue weighted by atomic mass is 10.2. The van der Waals surface area contributed by atoms with E-state index in [9.17, 15) is 18.0 Å². The van der Waals surface area contributed by atoms with Crippen molar-refractivity contribution in [3.05, 3.63) is 59.5 Å². The lowest BCUT2D eigenvalue weighted by molar-refractivity contribution is -0.120. The number of aryl methyl sites for hydroxylation is 2. The highest BCUT2D eigenvalue weighted by molar-refractivity contribution is 7.90. The minimum absolute atomic E-state index is 0.00207. The molecule has 0 aliphatic heterocycles. The first-order valence-electron chi connectivity index (χ1n) is 9.64. The Labute approximate surface area is 184 Å². The summed E-state index contributed by atoms with van der Waals surface area (Å²) in [5.74, 6) is -0.0669. The van der Waals surface area contributed by atoms with E-state index >= 15 is 0 Å². The molecule has 1 aromatic carbocycles. The van der Waals surface area contributed by atoms with Crippen LogP contribution in [0.3, 0.4) is 0 Å². The number of benzene rings is 1. The highest BCUT2D eigenvalue weighted by atomic mass is 32.2. The first-order chi connectivity index (χ1) is 15.2. The van der Waals surface area contributed by atoms with Crippen LogP contribution in [0.1, 0.15) is 18.4 Å².